The Kier molecular flexibility index (Phi) is 5.04. The number of fused-ring (bicyclic) bond motifs is 1. The van der Waals surface area contributed by atoms with Crippen LogP contribution in [-0.2, 0) is 4.74 Å². The minimum absolute atomic E-state index is 0.316. The number of aromatic nitrogens is 1. The fraction of sp³-hybridized carbons (Fsp3) is 0.0870. The smallest absolute Gasteiger partial charge is 0.338 e. The van der Waals surface area contributed by atoms with E-state index >= 15 is 0 Å². The Hall–Kier alpha value is -3.24. The minimum Gasteiger partial charge on any atom is -0.462 e. The maximum Gasteiger partial charge on any atom is 0.338 e. The van der Waals surface area contributed by atoms with E-state index in [9.17, 15) is 4.79 Å². The van der Waals surface area contributed by atoms with Crippen LogP contribution in [0.5, 0.6) is 11.5 Å². The van der Waals surface area contributed by atoms with Gasteiger partial charge in [0, 0.05) is 21.6 Å². The lowest BCUT2D eigenvalue weighted by molar-refractivity contribution is 0.0526. The zero-order chi connectivity index (χ0) is 19.5. The second-order valence-corrected chi connectivity index (χ2v) is 6.72. The van der Waals surface area contributed by atoms with Gasteiger partial charge in [-0.25, -0.2) is 4.79 Å². The summed E-state index contributed by atoms with van der Waals surface area (Å²) in [4.78, 5) is 15.3. The van der Waals surface area contributed by atoms with Crippen molar-refractivity contribution < 1.29 is 14.3 Å². The van der Waals surface area contributed by atoms with Crippen molar-refractivity contribution in [2.75, 3.05) is 6.61 Å². The average Bonchev–Trinajstić information content (AvgIpc) is 3.14. The van der Waals surface area contributed by atoms with Crippen molar-refractivity contribution in [3.05, 3.63) is 83.4 Å². The Morgan fingerprint density at radius 1 is 0.929 bits per heavy atom. The number of H-pyrrole nitrogens is 1. The van der Waals surface area contributed by atoms with Crippen molar-refractivity contribution in [1.29, 1.82) is 0 Å². The van der Waals surface area contributed by atoms with E-state index < -0.39 is 0 Å². The predicted molar refractivity (Wildman–Crippen MR) is 111 cm³/mol. The van der Waals surface area contributed by atoms with Crippen molar-refractivity contribution in [2.45, 2.75) is 6.92 Å². The zero-order valence-electron chi connectivity index (χ0n) is 15.2. The molecule has 5 heteroatoms. The zero-order valence-corrected chi connectivity index (χ0v) is 16.0. The molecule has 0 saturated carbocycles. The molecule has 0 aliphatic carbocycles. The molecule has 4 nitrogen and oxygen atoms in total. The number of aromatic amines is 1. The van der Waals surface area contributed by atoms with Gasteiger partial charge >= 0.3 is 5.97 Å². The monoisotopic (exact) mass is 391 g/mol. The Balaban J connectivity index is 1.55. The molecule has 0 unspecified atom stereocenters. The lowest BCUT2D eigenvalue weighted by atomic mass is 10.1. The molecule has 0 spiro atoms. The molecule has 0 bridgehead atoms. The van der Waals surface area contributed by atoms with Crippen LogP contribution in [-0.4, -0.2) is 17.6 Å². The third kappa shape index (κ3) is 3.87. The van der Waals surface area contributed by atoms with Crippen molar-refractivity contribution in [1.82, 2.24) is 4.98 Å². The van der Waals surface area contributed by atoms with Crippen molar-refractivity contribution in [2.24, 2.45) is 0 Å². The molecule has 0 radical (unpaired) electrons. The van der Waals surface area contributed by atoms with Crippen molar-refractivity contribution >= 4 is 28.5 Å². The number of halogens is 1. The van der Waals surface area contributed by atoms with Crippen LogP contribution < -0.4 is 4.74 Å². The fourth-order valence-corrected chi connectivity index (χ4v) is 3.09. The molecule has 1 heterocycles. The summed E-state index contributed by atoms with van der Waals surface area (Å²) >= 11 is 5.89. The van der Waals surface area contributed by atoms with E-state index in [0.717, 1.165) is 33.7 Å². The van der Waals surface area contributed by atoms with E-state index in [4.69, 9.17) is 21.1 Å². The fourth-order valence-electron chi connectivity index (χ4n) is 2.97. The number of carbonyl (C=O) groups excluding carboxylic acids is 1. The highest BCUT2D eigenvalue weighted by molar-refractivity contribution is 6.30. The van der Waals surface area contributed by atoms with Crippen LogP contribution in [0, 0.1) is 0 Å². The molecule has 1 aromatic heterocycles. The molecular weight excluding hydrogens is 374 g/mol. The number of hydrogen-bond donors (Lipinski definition) is 1. The van der Waals surface area contributed by atoms with E-state index in [2.05, 4.69) is 11.1 Å². The lowest BCUT2D eigenvalue weighted by Crippen LogP contribution is -2.03. The topological polar surface area (TPSA) is 51.3 Å². The average molecular weight is 392 g/mol. The summed E-state index contributed by atoms with van der Waals surface area (Å²) in [6.07, 6.45) is 0. The molecule has 4 aromatic rings. The third-order valence-corrected chi connectivity index (χ3v) is 4.60. The van der Waals surface area contributed by atoms with Crippen LogP contribution in [0.3, 0.4) is 0 Å². The summed E-state index contributed by atoms with van der Waals surface area (Å²) < 4.78 is 10.9. The van der Waals surface area contributed by atoms with Crippen LogP contribution in [0.25, 0.3) is 22.2 Å². The van der Waals surface area contributed by atoms with Gasteiger partial charge in [-0.3, -0.25) is 0 Å². The minimum atomic E-state index is -0.316. The van der Waals surface area contributed by atoms with Crippen molar-refractivity contribution in [3.8, 4) is 22.8 Å². The maximum absolute atomic E-state index is 11.9. The van der Waals surface area contributed by atoms with E-state index in [0.29, 0.717) is 17.2 Å². The van der Waals surface area contributed by atoms with Gasteiger partial charge in [0.25, 0.3) is 0 Å². The SMILES string of the molecule is CCOC(=O)c1ccc2cc(-c3ccc(Oc4ccc(Cl)cc4)cc3)[nH]c2c1. The first-order valence-electron chi connectivity index (χ1n) is 8.96. The first-order chi connectivity index (χ1) is 13.6. The highest BCUT2D eigenvalue weighted by Gasteiger charge is 2.10. The van der Waals surface area contributed by atoms with E-state index in [1.165, 1.54) is 0 Å². The molecule has 140 valence electrons. The number of benzene rings is 3. The van der Waals surface area contributed by atoms with Gasteiger partial charge in [-0.05, 0) is 79.2 Å². The summed E-state index contributed by atoms with van der Waals surface area (Å²) in [6, 6.07) is 22.6. The van der Waals surface area contributed by atoms with Crippen molar-refractivity contribution in [3.63, 3.8) is 0 Å². The van der Waals surface area contributed by atoms with Gasteiger partial charge in [0.1, 0.15) is 11.5 Å². The lowest BCUT2D eigenvalue weighted by Gasteiger charge is -2.06. The molecule has 3 aromatic carbocycles. The predicted octanol–water partition coefficient (Wildman–Crippen LogP) is 6.46. The molecule has 0 aliphatic rings. The van der Waals surface area contributed by atoms with Crippen LogP contribution in [0.2, 0.25) is 5.02 Å². The Labute approximate surface area is 167 Å². The molecule has 0 fully saturated rings. The number of hydrogen-bond acceptors (Lipinski definition) is 3. The van der Waals surface area contributed by atoms with Gasteiger partial charge in [0.2, 0.25) is 0 Å². The Morgan fingerprint density at radius 2 is 1.61 bits per heavy atom. The van der Waals surface area contributed by atoms with E-state index in [1.807, 2.05) is 48.5 Å². The number of nitrogens with one attached hydrogen (secondary N) is 1. The standard InChI is InChI=1S/C23H18ClNO3/c1-2-27-23(26)17-4-3-16-13-21(25-22(16)14-17)15-5-9-19(10-6-15)28-20-11-7-18(24)8-12-20/h3-14,25H,2H2,1H3. The van der Waals surface area contributed by atoms with Crippen LogP contribution in [0.4, 0.5) is 0 Å². The molecule has 0 aliphatic heterocycles. The van der Waals surface area contributed by atoms with Gasteiger partial charge in [0.05, 0.1) is 12.2 Å². The molecular formula is C23H18ClNO3. The number of ether oxygens (including phenoxy) is 2. The van der Waals surface area contributed by atoms with Gasteiger partial charge in [0.15, 0.2) is 0 Å². The summed E-state index contributed by atoms with van der Waals surface area (Å²) in [7, 11) is 0. The molecule has 1 N–H and O–H groups in total. The highest BCUT2D eigenvalue weighted by atomic mass is 35.5. The molecule has 4 rings (SSSR count). The summed E-state index contributed by atoms with van der Waals surface area (Å²) in [5.41, 5.74) is 3.42. The molecule has 0 saturated heterocycles. The number of carbonyl (C=O) groups is 1. The van der Waals surface area contributed by atoms with Crippen LogP contribution in [0.1, 0.15) is 17.3 Å². The number of esters is 1. The summed E-state index contributed by atoms with van der Waals surface area (Å²) in [5, 5.41) is 1.71. The number of rotatable bonds is 5. The van der Waals surface area contributed by atoms with Gasteiger partial charge in [-0.1, -0.05) is 17.7 Å². The summed E-state index contributed by atoms with van der Waals surface area (Å²) in [6.45, 7) is 2.15. The maximum atomic E-state index is 11.9. The van der Waals surface area contributed by atoms with E-state index in [1.54, 1.807) is 25.1 Å². The highest BCUT2D eigenvalue weighted by Crippen LogP contribution is 2.28. The van der Waals surface area contributed by atoms with E-state index in [-0.39, 0.29) is 5.97 Å². The largest absolute Gasteiger partial charge is 0.462 e. The quantitative estimate of drug-likeness (QED) is 0.397. The molecule has 0 atom stereocenters. The first-order valence-corrected chi connectivity index (χ1v) is 9.34. The second-order valence-electron chi connectivity index (χ2n) is 6.29. The Bertz CT molecular complexity index is 1120. The normalized spacial score (nSPS) is 10.8. The van der Waals surface area contributed by atoms with Crippen LogP contribution in [0.15, 0.2) is 72.8 Å². The molecule has 0 amide bonds. The second kappa shape index (κ2) is 7.79. The summed E-state index contributed by atoms with van der Waals surface area (Å²) in [5.74, 6) is 1.16. The Morgan fingerprint density at radius 3 is 2.29 bits per heavy atom. The van der Waals surface area contributed by atoms with Crippen LogP contribution >= 0.6 is 11.6 Å². The van der Waals surface area contributed by atoms with Gasteiger partial charge < -0.3 is 14.5 Å². The molecule has 28 heavy (non-hydrogen) atoms. The third-order valence-electron chi connectivity index (χ3n) is 4.35. The van der Waals surface area contributed by atoms with Gasteiger partial charge in [-0.2, -0.15) is 0 Å². The van der Waals surface area contributed by atoms with Gasteiger partial charge in [-0.15, -0.1) is 0 Å². The first kappa shape index (κ1) is 18.1.